The Morgan fingerprint density at radius 2 is 1.90 bits per heavy atom. The van der Waals surface area contributed by atoms with Crippen LogP contribution in [0.2, 0.25) is 0 Å². The number of amidine groups is 1. The van der Waals surface area contributed by atoms with Gasteiger partial charge in [0.15, 0.2) is 5.17 Å². The predicted molar refractivity (Wildman–Crippen MR) is 126 cm³/mol. The van der Waals surface area contributed by atoms with Gasteiger partial charge in [0.25, 0.3) is 5.91 Å². The van der Waals surface area contributed by atoms with Gasteiger partial charge in [0.2, 0.25) is 5.13 Å². The van der Waals surface area contributed by atoms with Crippen LogP contribution in [0.15, 0.2) is 87.0 Å². The molecule has 0 atom stereocenters. The molecule has 0 aliphatic carbocycles. The van der Waals surface area contributed by atoms with Crippen LogP contribution in [0, 0.1) is 0 Å². The highest BCUT2D eigenvalue weighted by molar-refractivity contribution is 9.10. The van der Waals surface area contributed by atoms with Gasteiger partial charge >= 0.3 is 0 Å². The summed E-state index contributed by atoms with van der Waals surface area (Å²) in [6.07, 6.45) is 3.59. The Morgan fingerprint density at radius 3 is 2.62 bits per heavy atom. The summed E-state index contributed by atoms with van der Waals surface area (Å²) in [7, 11) is 0. The number of aliphatic imine (C=N–C) groups is 1. The number of amides is 1. The van der Waals surface area contributed by atoms with E-state index in [0.717, 1.165) is 21.3 Å². The molecule has 144 valence electrons. The van der Waals surface area contributed by atoms with Crippen molar-refractivity contribution in [3.63, 3.8) is 0 Å². The third-order valence-electron chi connectivity index (χ3n) is 4.12. The number of halogens is 1. The minimum atomic E-state index is -0.0728. The van der Waals surface area contributed by atoms with E-state index in [4.69, 9.17) is 0 Å². The van der Waals surface area contributed by atoms with E-state index in [1.807, 2.05) is 66.1 Å². The third-order valence-corrected chi connectivity index (χ3v) is 6.39. The first-order valence-electron chi connectivity index (χ1n) is 8.81. The minimum Gasteiger partial charge on any atom is -0.282 e. The van der Waals surface area contributed by atoms with Gasteiger partial charge in [-0.15, -0.1) is 17.9 Å². The maximum atomic E-state index is 12.9. The second-order valence-corrected chi connectivity index (χ2v) is 8.90. The van der Waals surface area contributed by atoms with Gasteiger partial charge in [-0.2, -0.15) is 4.99 Å². The molecule has 0 radical (unpaired) electrons. The van der Waals surface area contributed by atoms with Gasteiger partial charge in [0.1, 0.15) is 0 Å². The molecule has 0 saturated carbocycles. The quantitative estimate of drug-likeness (QED) is 0.314. The first-order valence-corrected chi connectivity index (χ1v) is 11.3. The van der Waals surface area contributed by atoms with E-state index in [-0.39, 0.29) is 5.91 Å². The molecular formula is C22H16BrN3OS2. The fourth-order valence-electron chi connectivity index (χ4n) is 2.73. The molecule has 1 amide bonds. The Kier molecular flexibility index (Phi) is 6.08. The van der Waals surface area contributed by atoms with Gasteiger partial charge in [0, 0.05) is 22.0 Å². The third kappa shape index (κ3) is 4.58. The topological polar surface area (TPSA) is 45.6 Å². The molecular weight excluding hydrogens is 466 g/mol. The number of hydrogen-bond acceptors (Lipinski definition) is 5. The lowest BCUT2D eigenvalue weighted by molar-refractivity contribution is -0.121. The van der Waals surface area contributed by atoms with Gasteiger partial charge in [-0.25, -0.2) is 4.98 Å². The van der Waals surface area contributed by atoms with Crippen molar-refractivity contribution in [2.75, 3.05) is 6.54 Å². The summed E-state index contributed by atoms with van der Waals surface area (Å²) in [5.41, 5.74) is 2.89. The summed E-state index contributed by atoms with van der Waals surface area (Å²) in [5.74, 6) is -0.0728. The van der Waals surface area contributed by atoms with Crippen LogP contribution < -0.4 is 0 Å². The highest BCUT2D eigenvalue weighted by atomic mass is 79.9. The number of benzene rings is 2. The summed E-state index contributed by atoms with van der Waals surface area (Å²) >= 11 is 6.25. The lowest BCUT2D eigenvalue weighted by Gasteiger charge is -2.11. The average Bonchev–Trinajstić information content (AvgIpc) is 3.31. The number of nitrogens with zero attached hydrogens (tertiary/aromatic N) is 3. The van der Waals surface area contributed by atoms with Gasteiger partial charge in [-0.1, -0.05) is 64.5 Å². The zero-order valence-electron chi connectivity index (χ0n) is 15.3. The van der Waals surface area contributed by atoms with Crippen molar-refractivity contribution in [2.45, 2.75) is 0 Å². The van der Waals surface area contributed by atoms with Crippen molar-refractivity contribution in [1.29, 1.82) is 0 Å². The van der Waals surface area contributed by atoms with Crippen LogP contribution in [-0.2, 0) is 4.79 Å². The first-order chi connectivity index (χ1) is 14.1. The van der Waals surface area contributed by atoms with Crippen LogP contribution in [0.1, 0.15) is 5.56 Å². The van der Waals surface area contributed by atoms with Crippen molar-refractivity contribution in [2.24, 2.45) is 4.99 Å². The summed E-state index contributed by atoms with van der Waals surface area (Å²) in [4.78, 5) is 24.4. The molecule has 1 aliphatic heterocycles. The Morgan fingerprint density at radius 1 is 1.14 bits per heavy atom. The molecule has 3 aromatic rings. The predicted octanol–water partition coefficient (Wildman–Crippen LogP) is 6.36. The van der Waals surface area contributed by atoms with Crippen LogP contribution in [-0.4, -0.2) is 27.5 Å². The van der Waals surface area contributed by atoms with Gasteiger partial charge in [-0.3, -0.25) is 9.69 Å². The van der Waals surface area contributed by atoms with Gasteiger partial charge in [0.05, 0.1) is 10.6 Å². The largest absolute Gasteiger partial charge is 0.282 e. The number of rotatable bonds is 5. The number of carbonyl (C=O) groups excluding carboxylic acids is 1. The number of carbonyl (C=O) groups is 1. The number of hydrogen-bond donors (Lipinski definition) is 0. The fourth-order valence-corrected chi connectivity index (χ4v) is 4.74. The first kappa shape index (κ1) is 19.8. The van der Waals surface area contributed by atoms with Crippen LogP contribution in [0.3, 0.4) is 0 Å². The van der Waals surface area contributed by atoms with E-state index in [1.165, 1.54) is 23.1 Å². The lowest BCUT2D eigenvalue weighted by Crippen LogP contribution is -2.29. The number of thiazole rings is 1. The Hall–Kier alpha value is -2.48. The molecule has 2 heterocycles. The van der Waals surface area contributed by atoms with Crippen molar-refractivity contribution >= 4 is 61.3 Å². The standard InChI is InChI=1S/C22H16BrN3OS2/c1-2-12-26-20(27)19(13-15-8-10-17(23)11-9-15)29-22(26)25-21-24-18(14-28-21)16-6-4-3-5-7-16/h2-11,13-14H,1,12H2/b19-13-,25-22+. The molecule has 0 N–H and O–H groups in total. The highest BCUT2D eigenvalue weighted by Gasteiger charge is 2.32. The molecule has 1 fully saturated rings. The molecule has 29 heavy (non-hydrogen) atoms. The molecule has 1 aliphatic rings. The van der Waals surface area contributed by atoms with Crippen LogP contribution in [0.4, 0.5) is 5.13 Å². The van der Waals surface area contributed by atoms with E-state index >= 15 is 0 Å². The second kappa shape index (κ2) is 8.90. The highest BCUT2D eigenvalue weighted by Crippen LogP contribution is 2.35. The van der Waals surface area contributed by atoms with Crippen LogP contribution in [0.5, 0.6) is 0 Å². The fraction of sp³-hybridized carbons (Fsp3) is 0.0455. The molecule has 0 spiro atoms. The van der Waals surface area contributed by atoms with E-state index in [2.05, 4.69) is 32.5 Å². The summed E-state index contributed by atoms with van der Waals surface area (Å²) in [6.45, 7) is 4.17. The second-order valence-electron chi connectivity index (χ2n) is 6.14. The van der Waals surface area contributed by atoms with E-state index in [0.29, 0.717) is 21.7 Å². The lowest BCUT2D eigenvalue weighted by atomic mass is 10.2. The van der Waals surface area contributed by atoms with E-state index in [9.17, 15) is 4.79 Å². The van der Waals surface area contributed by atoms with E-state index in [1.54, 1.807) is 11.0 Å². The average molecular weight is 482 g/mol. The number of aromatic nitrogens is 1. The molecule has 1 saturated heterocycles. The van der Waals surface area contributed by atoms with Crippen molar-refractivity contribution < 1.29 is 4.79 Å². The molecule has 4 nitrogen and oxygen atoms in total. The SMILES string of the molecule is C=CCN1C(=O)/C(=C/c2ccc(Br)cc2)S/C1=N/c1nc(-c2ccccc2)cs1. The van der Waals surface area contributed by atoms with Crippen molar-refractivity contribution in [3.05, 3.63) is 87.6 Å². The van der Waals surface area contributed by atoms with Crippen LogP contribution in [0.25, 0.3) is 17.3 Å². The molecule has 7 heteroatoms. The summed E-state index contributed by atoms with van der Waals surface area (Å²) < 4.78 is 0.999. The summed E-state index contributed by atoms with van der Waals surface area (Å²) in [5, 5.41) is 3.22. The zero-order chi connectivity index (χ0) is 20.2. The Bertz CT molecular complexity index is 1100. The zero-order valence-corrected chi connectivity index (χ0v) is 18.5. The van der Waals surface area contributed by atoms with Crippen molar-refractivity contribution in [3.8, 4) is 11.3 Å². The normalized spacial score (nSPS) is 16.7. The molecule has 2 aromatic carbocycles. The minimum absolute atomic E-state index is 0.0728. The van der Waals surface area contributed by atoms with Crippen molar-refractivity contribution in [1.82, 2.24) is 9.88 Å². The Balaban J connectivity index is 1.63. The summed E-state index contributed by atoms with van der Waals surface area (Å²) in [6, 6.07) is 17.8. The maximum absolute atomic E-state index is 12.9. The van der Waals surface area contributed by atoms with E-state index < -0.39 is 0 Å². The van der Waals surface area contributed by atoms with Gasteiger partial charge in [-0.05, 0) is 35.5 Å². The molecule has 1 aromatic heterocycles. The Labute approximate surface area is 185 Å². The number of thioether (sulfide) groups is 1. The maximum Gasteiger partial charge on any atom is 0.267 e. The molecule has 4 rings (SSSR count). The molecule has 0 bridgehead atoms. The van der Waals surface area contributed by atoms with Crippen LogP contribution >= 0.6 is 39.0 Å². The smallest absolute Gasteiger partial charge is 0.267 e. The molecule has 0 unspecified atom stereocenters. The monoisotopic (exact) mass is 481 g/mol. The van der Waals surface area contributed by atoms with Gasteiger partial charge < -0.3 is 0 Å².